The van der Waals surface area contributed by atoms with Crippen molar-refractivity contribution in [1.82, 2.24) is 10.3 Å². The summed E-state index contributed by atoms with van der Waals surface area (Å²) in [5.74, 6) is -0.0559. The van der Waals surface area contributed by atoms with E-state index in [1.807, 2.05) is 13.0 Å². The monoisotopic (exact) mass is 247 g/mol. The first-order valence-electron chi connectivity index (χ1n) is 6.71. The van der Waals surface area contributed by atoms with Crippen molar-refractivity contribution in [3.05, 3.63) is 24.0 Å². The summed E-state index contributed by atoms with van der Waals surface area (Å²) in [5, 5.41) is 6.29. The van der Waals surface area contributed by atoms with Crippen LogP contribution in [0.2, 0.25) is 0 Å². The van der Waals surface area contributed by atoms with Crippen molar-refractivity contribution in [3.8, 4) is 0 Å². The van der Waals surface area contributed by atoms with Crippen LogP contribution in [0.25, 0.3) is 0 Å². The van der Waals surface area contributed by atoms with Crippen LogP contribution in [0, 0.1) is 0 Å². The van der Waals surface area contributed by atoms with Crippen molar-refractivity contribution >= 4 is 11.6 Å². The Labute approximate surface area is 108 Å². The van der Waals surface area contributed by atoms with Crippen LogP contribution in [0.5, 0.6) is 0 Å². The highest BCUT2D eigenvalue weighted by molar-refractivity contribution is 5.93. The summed E-state index contributed by atoms with van der Waals surface area (Å²) in [5.41, 5.74) is 1.47. The van der Waals surface area contributed by atoms with Gasteiger partial charge in [0, 0.05) is 12.1 Å². The summed E-state index contributed by atoms with van der Waals surface area (Å²) in [6.45, 7) is 5.01. The summed E-state index contributed by atoms with van der Waals surface area (Å²) in [6.07, 6.45) is 6.09. The third-order valence-electron chi connectivity index (χ3n) is 3.74. The predicted molar refractivity (Wildman–Crippen MR) is 72.7 cm³/mol. The van der Waals surface area contributed by atoms with E-state index in [0.717, 1.165) is 31.5 Å². The van der Waals surface area contributed by atoms with E-state index in [1.165, 1.54) is 6.42 Å². The summed E-state index contributed by atoms with van der Waals surface area (Å²) >= 11 is 0. The van der Waals surface area contributed by atoms with Crippen molar-refractivity contribution in [1.29, 1.82) is 0 Å². The molecule has 1 amide bonds. The molecule has 0 radical (unpaired) electrons. The molecule has 2 rings (SSSR count). The predicted octanol–water partition coefficient (Wildman–Crippen LogP) is 2.58. The van der Waals surface area contributed by atoms with Crippen molar-refractivity contribution in [3.63, 3.8) is 0 Å². The zero-order chi connectivity index (χ0) is 13.0. The first-order chi connectivity index (χ1) is 8.69. The zero-order valence-corrected chi connectivity index (χ0v) is 11.1. The molecule has 0 aromatic carbocycles. The summed E-state index contributed by atoms with van der Waals surface area (Å²) < 4.78 is 0. The standard InChI is InChI=1S/C14H21N3O/c1-3-14(8-5-9-14)17-13(18)12-7-6-11(10-16-12)15-4-2/h6-7,10,15H,3-5,8-9H2,1-2H3,(H,17,18). The minimum absolute atomic E-state index is 0.0269. The van der Waals surface area contributed by atoms with Gasteiger partial charge in [0.1, 0.15) is 5.69 Å². The molecule has 0 atom stereocenters. The van der Waals surface area contributed by atoms with Crippen LogP contribution in [0.4, 0.5) is 5.69 Å². The first kappa shape index (κ1) is 12.9. The molecule has 98 valence electrons. The number of hydrogen-bond acceptors (Lipinski definition) is 3. The molecule has 2 N–H and O–H groups in total. The van der Waals surface area contributed by atoms with Crippen LogP contribution in [-0.4, -0.2) is 23.0 Å². The van der Waals surface area contributed by atoms with Gasteiger partial charge >= 0.3 is 0 Å². The molecule has 18 heavy (non-hydrogen) atoms. The maximum Gasteiger partial charge on any atom is 0.270 e. The Morgan fingerprint density at radius 3 is 2.61 bits per heavy atom. The van der Waals surface area contributed by atoms with E-state index >= 15 is 0 Å². The first-order valence-corrected chi connectivity index (χ1v) is 6.71. The average Bonchev–Trinajstić information content (AvgIpc) is 2.35. The van der Waals surface area contributed by atoms with E-state index in [9.17, 15) is 4.79 Å². The Balaban J connectivity index is 2.00. The van der Waals surface area contributed by atoms with Gasteiger partial charge in [0.15, 0.2) is 0 Å². The molecule has 1 heterocycles. The number of anilines is 1. The van der Waals surface area contributed by atoms with Crippen molar-refractivity contribution in [2.75, 3.05) is 11.9 Å². The topological polar surface area (TPSA) is 54.0 Å². The van der Waals surface area contributed by atoms with Gasteiger partial charge in [-0.25, -0.2) is 4.98 Å². The lowest BCUT2D eigenvalue weighted by atomic mass is 9.75. The molecule has 0 unspecified atom stereocenters. The van der Waals surface area contributed by atoms with Crippen molar-refractivity contribution < 1.29 is 4.79 Å². The fourth-order valence-electron chi connectivity index (χ4n) is 2.31. The Hall–Kier alpha value is -1.58. The minimum Gasteiger partial charge on any atom is -0.384 e. The van der Waals surface area contributed by atoms with Gasteiger partial charge in [-0.15, -0.1) is 0 Å². The van der Waals surface area contributed by atoms with Crippen LogP contribution in [0.3, 0.4) is 0 Å². The van der Waals surface area contributed by atoms with Gasteiger partial charge in [-0.1, -0.05) is 6.92 Å². The summed E-state index contributed by atoms with van der Waals surface area (Å²) in [6, 6.07) is 3.67. The lowest BCUT2D eigenvalue weighted by Crippen LogP contribution is -2.53. The normalized spacial score (nSPS) is 16.8. The van der Waals surface area contributed by atoms with Gasteiger partial charge in [0.2, 0.25) is 0 Å². The van der Waals surface area contributed by atoms with Gasteiger partial charge < -0.3 is 10.6 Å². The molecule has 4 heteroatoms. The summed E-state index contributed by atoms with van der Waals surface area (Å²) in [7, 11) is 0. The molecule has 0 aliphatic heterocycles. The van der Waals surface area contributed by atoms with Crippen molar-refractivity contribution in [2.45, 2.75) is 45.1 Å². The lowest BCUT2D eigenvalue weighted by Gasteiger charge is -2.41. The number of pyridine rings is 1. The SMILES string of the molecule is CCNc1ccc(C(=O)NC2(CC)CCC2)nc1. The molecule has 0 saturated heterocycles. The second kappa shape index (κ2) is 5.38. The zero-order valence-electron chi connectivity index (χ0n) is 11.1. The number of rotatable bonds is 5. The lowest BCUT2D eigenvalue weighted by molar-refractivity contribution is 0.0815. The van der Waals surface area contributed by atoms with Crippen LogP contribution < -0.4 is 10.6 Å². The number of aromatic nitrogens is 1. The Kier molecular flexibility index (Phi) is 3.84. The fourth-order valence-corrected chi connectivity index (χ4v) is 2.31. The highest BCUT2D eigenvalue weighted by atomic mass is 16.2. The highest BCUT2D eigenvalue weighted by Gasteiger charge is 2.36. The Morgan fingerprint density at radius 2 is 2.17 bits per heavy atom. The number of carbonyl (C=O) groups excluding carboxylic acids is 1. The van der Waals surface area contributed by atoms with E-state index in [1.54, 1.807) is 12.3 Å². The molecule has 1 saturated carbocycles. The number of carbonyl (C=O) groups is 1. The number of amides is 1. The maximum absolute atomic E-state index is 12.1. The van der Waals surface area contributed by atoms with Crippen LogP contribution >= 0.6 is 0 Å². The third kappa shape index (κ3) is 2.63. The molecule has 4 nitrogen and oxygen atoms in total. The average molecular weight is 247 g/mol. The second-order valence-corrected chi connectivity index (χ2v) is 4.90. The van der Waals surface area contributed by atoms with E-state index in [4.69, 9.17) is 0 Å². The highest BCUT2D eigenvalue weighted by Crippen LogP contribution is 2.34. The van der Waals surface area contributed by atoms with Gasteiger partial charge in [-0.2, -0.15) is 0 Å². The third-order valence-corrected chi connectivity index (χ3v) is 3.74. The maximum atomic E-state index is 12.1. The molecule has 1 aliphatic rings. The van der Waals surface area contributed by atoms with Gasteiger partial charge in [-0.3, -0.25) is 4.79 Å². The molecule has 0 bridgehead atoms. The van der Waals surface area contributed by atoms with Crippen LogP contribution in [0.1, 0.15) is 50.0 Å². The molecule has 0 spiro atoms. The minimum atomic E-state index is -0.0559. The van der Waals surface area contributed by atoms with E-state index in [0.29, 0.717) is 5.69 Å². The Morgan fingerprint density at radius 1 is 1.39 bits per heavy atom. The molecule has 1 aliphatic carbocycles. The molecule has 1 aromatic rings. The van der Waals surface area contributed by atoms with Gasteiger partial charge in [-0.05, 0) is 44.7 Å². The van der Waals surface area contributed by atoms with Crippen LogP contribution in [0.15, 0.2) is 18.3 Å². The number of hydrogen-bond donors (Lipinski definition) is 2. The van der Waals surface area contributed by atoms with Crippen LogP contribution in [-0.2, 0) is 0 Å². The molecular weight excluding hydrogens is 226 g/mol. The summed E-state index contributed by atoms with van der Waals surface area (Å²) in [4.78, 5) is 16.3. The van der Waals surface area contributed by atoms with E-state index in [-0.39, 0.29) is 11.4 Å². The smallest absolute Gasteiger partial charge is 0.270 e. The number of nitrogens with one attached hydrogen (secondary N) is 2. The molecule has 1 aromatic heterocycles. The largest absolute Gasteiger partial charge is 0.384 e. The Bertz CT molecular complexity index is 404. The van der Waals surface area contributed by atoms with E-state index < -0.39 is 0 Å². The van der Waals surface area contributed by atoms with Crippen molar-refractivity contribution in [2.24, 2.45) is 0 Å². The van der Waals surface area contributed by atoms with Gasteiger partial charge in [0.05, 0.1) is 11.9 Å². The fraction of sp³-hybridized carbons (Fsp3) is 0.571. The quantitative estimate of drug-likeness (QED) is 0.840. The van der Waals surface area contributed by atoms with Gasteiger partial charge in [0.25, 0.3) is 5.91 Å². The molecular formula is C14H21N3O. The molecule has 1 fully saturated rings. The second-order valence-electron chi connectivity index (χ2n) is 4.90. The number of nitrogens with zero attached hydrogens (tertiary/aromatic N) is 1. The van der Waals surface area contributed by atoms with E-state index in [2.05, 4.69) is 22.5 Å².